The van der Waals surface area contributed by atoms with E-state index >= 15 is 0 Å². The number of benzene rings is 1. The molecule has 1 saturated heterocycles. The Balaban J connectivity index is 1.99. The summed E-state index contributed by atoms with van der Waals surface area (Å²) >= 11 is 0. The normalized spacial score (nSPS) is 21.8. The summed E-state index contributed by atoms with van der Waals surface area (Å²) in [6.07, 6.45) is 5.67. The van der Waals surface area contributed by atoms with Crippen LogP contribution < -0.4 is 0 Å². The third-order valence-electron chi connectivity index (χ3n) is 4.26. The first-order valence-corrected chi connectivity index (χ1v) is 8.53. The fourth-order valence-electron chi connectivity index (χ4n) is 3.24. The van der Waals surface area contributed by atoms with Crippen LogP contribution in [-0.2, 0) is 11.2 Å². The van der Waals surface area contributed by atoms with E-state index in [1.165, 1.54) is 5.56 Å². The Hall–Kier alpha value is -1.77. The van der Waals surface area contributed by atoms with Gasteiger partial charge in [0.15, 0.2) is 0 Å². The second-order valence-electron chi connectivity index (χ2n) is 7.43. The molecule has 1 aliphatic rings. The molecular formula is C20H29NO2. The van der Waals surface area contributed by atoms with E-state index in [4.69, 9.17) is 4.74 Å². The minimum Gasteiger partial charge on any atom is -0.444 e. The topological polar surface area (TPSA) is 29.5 Å². The summed E-state index contributed by atoms with van der Waals surface area (Å²) in [6, 6.07) is 10.8. The van der Waals surface area contributed by atoms with Crippen molar-refractivity contribution < 1.29 is 9.53 Å². The Labute approximate surface area is 140 Å². The third-order valence-corrected chi connectivity index (χ3v) is 4.26. The largest absolute Gasteiger partial charge is 0.444 e. The molecule has 3 heteroatoms. The summed E-state index contributed by atoms with van der Waals surface area (Å²) in [5.74, 6) is 0.612. The summed E-state index contributed by atoms with van der Waals surface area (Å²) in [5, 5.41) is 0. The summed E-state index contributed by atoms with van der Waals surface area (Å²) in [4.78, 5) is 14.3. The second-order valence-corrected chi connectivity index (χ2v) is 7.43. The molecule has 126 valence electrons. The molecule has 0 bridgehead atoms. The van der Waals surface area contributed by atoms with E-state index < -0.39 is 5.60 Å². The van der Waals surface area contributed by atoms with Gasteiger partial charge in [0.05, 0.1) is 0 Å². The SMILES string of the molecule is C=CC[C@H]1C[C@H](Cc2ccccc2)CCN1C(=O)OC(C)(C)C. The molecule has 1 amide bonds. The zero-order chi connectivity index (χ0) is 16.9. The van der Waals surface area contributed by atoms with Crippen LogP contribution in [0.5, 0.6) is 0 Å². The smallest absolute Gasteiger partial charge is 0.410 e. The number of carbonyl (C=O) groups excluding carboxylic acids is 1. The van der Waals surface area contributed by atoms with Gasteiger partial charge in [-0.3, -0.25) is 0 Å². The van der Waals surface area contributed by atoms with Crippen LogP contribution in [0.3, 0.4) is 0 Å². The van der Waals surface area contributed by atoms with Crippen molar-refractivity contribution >= 4 is 6.09 Å². The molecule has 0 unspecified atom stereocenters. The number of likely N-dealkylation sites (tertiary alicyclic amines) is 1. The maximum absolute atomic E-state index is 12.4. The van der Waals surface area contributed by atoms with Gasteiger partial charge in [0.25, 0.3) is 0 Å². The molecule has 3 nitrogen and oxygen atoms in total. The molecule has 2 atom stereocenters. The Kier molecular flexibility index (Phi) is 5.86. The molecule has 1 aliphatic heterocycles. The number of hydrogen-bond acceptors (Lipinski definition) is 2. The molecule has 23 heavy (non-hydrogen) atoms. The van der Waals surface area contributed by atoms with Crippen molar-refractivity contribution in [2.75, 3.05) is 6.54 Å². The maximum atomic E-state index is 12.4. The minimum absolute atomic E-state index is 0.192. The van der Waals surface area contributed by atoms with Crippen LogP contribution in [0.4, 0.5) is 4.79 Å². The monoisotopic (exact) mass is 315 g/mol. The molecule has 0 saturated carbocycles. The van der Waals surface area contributed by atoms with E-state index in [1.807, 2.05) is 31.7 Å². The van der Waals surface area contributed by atoms with Crippen molar-refractivity contribution in [2.24, 2.45) is 5.92 Å². The van der Waals surface area contributed by atoms with Crippen molar-refractivity contribution in [1.29, 1.82) is 0 Å². The standard InChI is InChI=1S/C20H29NO2/c1-5-9-18-15-17(14-16-10-7-6-8-11-16)12-13-21(18)19(22)23-20(2,3)4/h5-8,10-11,17-18H,1,9,12-15H2,2-4H3/t17-,18-/m0/s1. The van der Waals surface area contributed by atoms with Gasteiger partial charge in [0.1, 0.15) is 5.60 Å². The Bertz CT molecular complexity index is 518. The summed E-state index contributed by atoms with van der Waals surface area (Å²) in [6.45, 7) is 10.4. The van der Waals surface area contributed by atoms with Crippen LogP contribution in [0.25, 0.3) is 0 Å². The first kappa shape index (κ1) is 17.6. The second kappa shape index (κ2) is 7.67. The Morgan fingerprint density at radius 3 is 2.65 bits per heavy atom. The fourth-order valence-corrected chi connectivity index (χ4v) is 3.24. The number of nitrogens with zero attached hydrogens (tertiary/aromatic N) is 1. The van der Waals surface area contributed by atoms with Gasteiger partial charge in [-0.25, -0.2) is 4.79 Å². The van der Waals surface area contributed by atoms with Crippen LogP contribution >= 0.6 is 0 Å². The molecule has 1 aromatic rings. The Morgan fingerprint density at radius 2 is 2.04 bits per heavy atom. The average molecular weight is 315 g/mol. The molecule has 0 spiro atoms. The van der Waals surface area contributed by atoms with E-state index in [-0.39, 0.29) is 12.1 Å². The van der Waals surface area contributed by atoms with Gasteiger partial charge >= 0.3 is 6.09 Å². The highest BCUT2D eigenvalue weighted by Crippen LogP contribution is 2.29. The summed E-state index contributed by atoms with van der Waals surface area (Å²) in [7, 11) is 0. The van der Waals surface area contributed by atoms with E-state index in [2.05, 4.69) is 36.9 Å². The number of amides is 1. The molecular weight excluding hydrogens is 286 g/mol. The predicted molar refractivity (Wildman–Crippen MR) is 94.4 cm³/mol. The lowest BCUT2D eigenvalue weighted by molar-refractivity contribution is 0.00507. The van der Waals surface area contributed by atoms with Crippen molar-refractivity contribution in [3.05, 3.63) is 48.6 Å². The van der Waals surface area contributed by atoms with Crippen LogP contribution in [0.2, 0.25) is 0 Å². The molecule has 0 aliphatic carbocycles. The van der Waals surface area contributed by atoms with E-state index in [0.717, 1.165) is 32.2 Å². The number of piperidine rings is 1. The number of hydrogen-bond donors (Lipinski definition) is 0. The van der Waals surface area contributed by atoms with Gasteiger partial charge < -0.3 is 9.64 Å². The van der Waals surface area contributed by atoms with Gasteiger partial charge in [-0.05, 0) is 57.9 Å². The highest BCUT2D eigenvalue weighted by Gasteiger charge is 2.33. The molecule has 1 heterocycles. The third kappa shape index (κ3) is 5.42. The van der Waals surface area contributed by atoms with E-state index in [9.17, 15) is 4.79 Å². The lowest BCUT2D eigenvalue weighted by Gasteiger charge is -2.39. The van der Waals surface area contributed by atoms with Crippen LogP contribution in [-0.4, -0.2) is 29.2 Å². The lowest BCUT2D eigenvalue weighted by atomic mass is 9.85. The van der Waals surface area contributed by atoms with E-state index in [0.29, 0.717) is 5.92 Å². The van der Waals surface area contributed by atoms with Crippen molar-refractivity contribution in [2.45, 2.75) is 58.1 Å². The summed E-state index contributed by atoms with van der Waals surface area (Å²) in [5.41, 5.74) is 0.928. The van der Waals surface area contributed by atoms with Crippen molar-refractivity contribution in [3.63, 3.8) is 0 Å². The highest BCUT2D eigenvalue weighted by molar-refractivity contribution is 5.68. The molecule has 0 radical (unpaired) electrons. The van der Waals surface area contributed by atoms with Gasteiger partial charge in [-0.15, -0.1) is 6.58 Å². The Morgan fingerprint density at radius 1 is 1.35 bits per heavy atom. The minimum atomic E-state index is -0.448. The number of rotatable bonds is 4. The quantitative estimate of drug-likeness (QED) is 0.745. The zero-order valence-electron chi connectivity index (χ0n) is 14.6. The maximum Gasteiger partial charge on any atom is 0.410 e. The molecule has 0 N–H and O–H groups in total. The predicted octanol–water partition coefficient (Wildman–Crippen LogP) is 4.82. The van der Waals surface area contributed by atoms with Crippen LogP contribution in [0.1, 0.15) is 45.6 Å². The van der Waals surface area contributed by atoms with Crippen LogP contribution in [0.15, 0.2) is 43.0 Å². The fraction of sp³-hybridized carbons (Fsp3) is 0.550. The van der Waals surface area contributed by atoms with Gasteiger partial charge in [-0.1, -0.05) is 36.4 Å². The molecule has 2 rings (SSSR count). The number of ether oxygens (including phenoxy) is 1. The van der Waals surface area contributed by atoms with E-state index in [1.54, 1.807) is 0 Å². The molecule has 1 aromatic carbocycles. The molecule has 0 aromatic heterocycles. The average Bonchev–Trinajstić information content (AvgIpc) is 2.47. The lowest BCUT2D eigenvalue weighted by Crippen LogP contribution is -2.48. The van der Waals surface area contributed by atoms with Crippen molar-refractivity contribution in [1.82, 2.24) is 4.90 Å². The van der Waals surface area contributed by atoms with Gasteiger partial charge in [0, 0.05) is 12.6 Å². The molecule has 1 fully saturated rings. The van der Waals surface area contributed by atoms with Gasteiger partial charge in [-0.2, -0.15) is 0 Å². The van der Waals surface area contributed by atoms with Gasteiger partial charge in [0.2, 0.25) is 0 Å². The van der Waals surface area contributed by atoms with Crippen molar-refractivity contribution in [3.8, 4) is 0 Å². The number of carbonyl (C=O) groups is 1. The first-order chi connectivity index (χ1) is 10.9. The summed E-state index contributed by atoms with van der Waals surface area (Å²) < 4.78 is 5.56. The zero-order valence-corrected chi connectivity index (χ0v) is 14.6. The van der Waals surface area contributed by atoms with Crippen LogP contribution in [0, 0.1) is 5.92 Å². The highest BCUT2D eigenvalue weighted by atomic mass is 16.6. The first-order valence-electron chi connectivity index (χ1n) is 8.53.